The summed E-state index contributed by atoms with van der Waals surface area (Å²) in [6.07, 6.45) is 0.560. The van der Waals surface area contributed by atoms with Crippen molar-refractivity contribution < 1.29 is 14.3 Å². The van der Waals surface area contributed by atoms with Crippen LogP contribution in [-0.4, -0.2) is 42.6 Å². The number of nitrogens with zero attached hydrogens (tertiary/aromatic N) is 1. The zero-order valence-corrected chi connectivity index (χ0v) is 12.8. The Labute approximate surface area is 130 Å². The first-order valence-corrected chi connectivity index (χ1v) is 7.55. The number of benzene rings is 1. The van der Waals surface area contributed by atoms with Gasteiger partial charge in [-0.15, -0.1) is 0 Å². The van der Waals surface area contributed by atoms with Crippen molar-refractivity contribution in [2.45, 2.75) is 26.0 Å². The summed E-state index contributed by atoms with van der Waals surface area (Å²) in [7, 11) is 0. The number of likely N-dealkylation sites (tertiary alicyclic amines) is 1. The summed E-state index contributed by atoms with van der Waals surface area (Å²) in [5.41, 5.74) is 6.46. The number of rotatable bonds is 5. The summed E-state index contributed by atoms with van der Waals surface area (Å²) in [4.78, 5) is 25.1. The fraction of sp³-hybridized carbons (Fsp3) is 0.500. The molecule has 22 heavy (non-hydrogen) atoms. The Morgan fingerprint density at radius 2 is 2.14 bits per heavy atom. The zero-order valence-electron chi connectivity index (χ0n) is 12.8. The van der Waals surface area contributed by atoms with Gasteiger partial charge < -0.3 is 20.7 Å². The third-order valence-corrected chi connectivity index (χ3v) is 3.73. The van der Waals surface area contributed by atoms with Crippen LogP contribution in [0.2, 0.25) is 0 Å². The van der Waals surface area contributed by atoms with Crippen molar-refractivity contribution in [2.24, 2.45) is 11.7 Å². The van der Waals surface area contributed by atoms with Crippen LogP contribution in [0.4, 0.5) is 4.79 Å². The van der Waals surface area contributed by atoms with Gasteiger partial charge in [0.2, 0.25) is 5.91 Å². The number of nitrogens with one attached hydrogen (secondary N) is 1. The molecule has 1 aliphatic heterocycles. The Morgan fingerprint density at radius 1 is 1.41 bits per heavy atom. The van der Waals surface area contributed by atoms with Crippen molar-refractivity contribution >= 4 is 12.0 Å². The second-order valence-electron chi connectivity index (χ2n) is 5.67. The van der Waals surface area contributed by atoms with E-state index in [1.54, 1.807) is 11.8 Å². The first-order chi connectivity index (χ1) is 10.6. The van der Waals surface area contributed by atoms with Crippen LogP contribution in [0.15, 0.2) is 30.3 Å². The molecule has 3 N–H and O–H groups in total. The quantitative estimate of drug-likeness (QED) is 0.853. The number of carbonyl (C=O) groups is 2. The van der Waals surface area contributed by atoms with Crippen molar-refractivity contribution in [1.29, 1.82) is 0 Å². The average molecular weight is 305 g/mol. The SMILES string of the molecule is C[C@H](N)C(=O)NC[C@H]1CCN(C(=O)OCc2ccccc2)C1. The predicted octanol–water partition coefficient (Wildman–Crippen LogP) is 1.11. The van der Waals surface area contributed by atoms with Gasteiger partial charge in [0.25, 0.3) is 0 Å². The van der Waals surface area contributed by atoms with Crippen LogP contribution >= 0.6 is 0 Å². The molecule has 2 atom stereocenters. The van der Waals surface area contributed by atoms with Gasteiger partial charge in [-0.2, -0.15) is 0 Å². The minimum Gasteiger partial charge on any atom is -0.445 e. The van der Waals surface area contributed by atoms with Gasteiger partial charge in [-0.25, -0.2) is 4.79 Å². The lowest BCUT2D eigenvalue weighted by atomic mass is 10.1. The van der Waals surface area contributed by atoms with Crippen LogP contribution in [0.5, 0.6) is 0 Å². The molecule has 0 saturated carbocycles. The molecule has 2 rings (SSSR count). The first-order valence-electron chi connectivity index (χ1n) is 7.55. The van der Waals surface area contributed by atoms with Gasteiger partial charge in [-0.05, 0) is 24.8 Å². The van der Waals surface area contributed by atoms with Gasteiger partial charge in [0, 0.05) is 19.6 Å². The summed E-state index contributed by atoms with van der Waals surface area (Å²) in [6.45, 7) is 3.74. The molecular weight excluding hydrogens is 282 g/mol. The molecule has 0 spiro atoms. The molecule has 6 heteroatoms. The molecule has 2 amide bonds. The molecule has 1 aliphatic rings. The predicted molar refractivity (Wildman–Crippen MR) is 83.0 cm³/mol. The van der Waals surface area contributed by atoms with Crippen LogP contribution in [0.25, 0.3) is 0 Å². The minimum atomic E-state index is -0.506. The number of ether oxygens (including phenoxy) is 1. The van der Waals surface area contributed by atoms with Gasteiger partial charge >= 0.3 is 6.09 Å². The lowest BCUT2D eigenvalue weighted by Gasteiger charge is -2.17. The maximum atomic E-state index is 12.0. The number of nitrogens with two attached hydrogens (primary N) is 1. The van der Waals surface area contributed by atoms with Crippen molar-refractivity contribution in [1.82, 2.24) is 10.2 Å². The Hall–Kier alpha value is -2.08. The Balaban J connectivity index is 1.71. The maximum absolute atomic E-state index is 12.0. The lowest BCUT2D eigenvalue weighted by molar-refractivity contribution is -0.122. The molecule has 0 bridgehead atoms. The van der Waals surface area contributed by atoms with E-state index in [1.165, 1.54) is 0 Å². The third kappa shape index (κ3) is 4.73. The van der Waals surface area contributed by atoms with E-state index in [9.17, 15) is 9.59 Å². The van der Waals surface area contributed by atoms with Crippen LogP contribution in [0.3, 0.4) is 0 Å². The second kappa shape index (κ2) is 7.79. The first kappa shape index (κ1) is 16.3. The summed E-state index contributed by atoms with van der Waals surface area (Å²) in [6, 6.07) is 9.08. The van der Waals surface area contributed by atoms with E-state index in [1.807, 2.05) is 30.3 Å². The standard InChI is InChI=1S/C16H23N3O3/c1-12(17)15(20)18-9-14-7-8-19(10-14)16(21)22-11-13-5-3-2-4-6-13/h2-6,12,14H,7-11,17H2,1H3,(H,18,20)/t12-,14+/m0/s1. The van der Waals surface area contributed by atoms with Gasteiger partial charge in [-0.3, -0.25) is 4.79 Å². The van der Waals surface area contributed by atoms with Gasteiger partial charge in [0.1, 0.15) is 6.61 Å². The highest BCUT2D eigenvalue weighted by Gasteiger charge is 2.27. The van der Waals surface area contributed by atoms with E-state index in [0.717, 1.165) is 12.0 Å². The van der Waals surface area contributed by atoms with Crippen molar-refractivity contribution in [2.75, 3.05) is 19.6 Å². The molecule has 1 fully saturated rings. The topological polar surface area (TPSA) is 84.7 Å². The maximum Gasteiger partial charge on any atom is 0.410 e. The highest BCUT2D eigenvalue weighted by atomic mass is 16.6. The number of amides is 2. The monoisotopic (exact) mass is 305 g/mol. The summed E-state index contributed by atoms with van der Waals surface area (Å²) in [5, 5.41) is 2.80. The summed E-state index contributed by atoms with van der Waals surface area (Å²) >= 11 is 0. The van der Waals surface area contributed by atoms with Crippen LogP contribution < -0.4 is 11.1 Å². The van der Waals surface area contributed by atoms with Crippen molar-refractivity contribution in [3.05, 3.63) is 35.9 Å². The molecule has 0 aliphatic carbocycles. The van der Waals surface area contributed by atoms with E-state index >= 15 is 0 Å². The highest BCUT2D eigenvalue weighted by Crippen LogP contribution is 2.17. The van der Waals surface area contributed by atoms with Gasteiger partial charge in [-0.1, -0.05) is 30.3 Å². The molecular formula is C16H23N3O3. The van der Waals surface area contributed by atoms with Crippen molar-refractivity contribution in [3.63, 3.8) is 0 Å². The minimum absolute atomic E-state index is 0.162. The largest absolute Gasteiger partial charge is 0.445 e. The number of hydrogen-bond donors (Lipinski definition) is 2. The number of hydrogen-bond acceptors (Lipinski definition) is 4. The molecule has 0 unspecified atom stereocenters. The number of carbonyl (C=O) groups excluding carboxylic acids is 2. The Bertz CT molecular complexity index is 505. The van der Waals surface area contributed by atoms with Crippen molar-refractivity contribution in [3.8, 4) is 0 Å². The normalized spacial score (nSPS) is 18.8. The molecule has 120 valence electrons. The fourth-order valence-electron chi connectivity index (χ4n) is 2.38. The fourth-order valence-corrected chi connectivity index (χ4v) is 2.38. The van der Waals surface area contributed by atoms with Crippen LogP contribution in [0, 0.1) is 5.92 Å². The van der Waals surface area contributed by atoms with E-state index in [-0.39, 0.29) is 24.5 Å². The Morgan fingerprint density at radius 3 is 2.82 bits per heavy atom. The molecule has 0 aromatic heterocycles. The highest BCUT2D eigenvalue weighted by molar-refractivity contribution is 5.80. The van der Waals surface area contributed by atoms with E-state index in [4.69, 9.17) is 10.5 Å². The van der Waals surface area contributed by atoms with Gasteiger partial charge in [0.05, 0.1) is 6.04 Å². The molecule has 1 aromatic carbocycles. The molecule has 1 saturated heterocycles. The van der Waals surface area contributed by atoms with E-state index in [0.29, 0.717) is 19.6 Å². The molecule has 0 radical (unpaired) electrons. The second-order valence-corrected chi connectivity index (χ2v) is 5.67. The summed E-state index contributed by atoms with van der Waals surface area (Å²) in [5.74, 6) is 0.0945. The van der Waals surface area contributed by atoms with Crippen LogP contribution in [-0.2, 0) is 16.1 Å². The van der Waals surface area contributed by atoms with E-state index < -0.39 is 6.04 Å². The smallest absolute Gasteiger partial charge is 0.410 e. The molecule has 6 nitrogen and oxygen atoms in total. The molecule has 1 aromatic rings. The van der Waals surface area contributed by atoms with Crippen LogP contribution in [0.1, 0.15) is 18.9 Å². The molecule has 1 heterocycles. The summed E-state index contributed by atoms with van der Waals surface area (Å²) < 4.78 is 5.30. The van der Waals surface area contributed by atoms with E-state index in [2.05, 4.69) is 5.32 Å². The van der Waals surface area contributed by atoms with Gasteiger partial charge in [0.15, 0.2) is 0 Å². The third-order valence-electron chi connectivity index (χ3n) is 3.73. The lowest BCUT2D eigenvalue weighted by Crippen LogP contribution is -2.41. The average Bonchev–Trinajstić information content (AvgIpc) is 3.00. The Kier molecular flexibility index (Phi) is 5.77. The zero-order chi connectivity index (χ0) is 15.9.